The molecule has 3 nitrogen and oxygen atoms in total. The number of carbonyl (C=O) groups excluding carboxylic acids is 1. The van der Waals surface area contributed by atoms with Crippen LogP contribution in [-0.2, 0) is 0 Å². The maximum atomic E-state index is 12.1. The number of likely N-dealkylation sites (N-methyl/N-ethyl adjacent to an activating group) is 1. The molecule has 1 aromatic heterocycles. The fraction of sp³-hybridized carbons (Fsp3) is 0.143. The van der Waals surface area contributed by atoms with E-state index < -0.39 is 0 Å². The zero-order valence-electron chi connectivity index (χ0n) is 10.1. The highest BCUT2D eigenvalue weighted by molar-refractivity contribution is 6.35. The monoisotopic (exact) mass is 260 g/mol. The summed E-state index contributed by atoms with van der Waals surface area (Å²) in [6.45, 7) is 4.08. The first-order valence-electron chi connectivity index (χ1n) is 5.55. The third-order valence-corrected chi connectivity index (χ3v) is 2.95. The van der Waals surface area contributed by atoms with E-state index in [0.29, 0.717) is 17.3 Å². The number of benzene rings is 1. The van der Waals surface area contributed by atoms with E-state index in [1.165, 1.54) is 0 Å². The highest BCUT2D eigenvalue weighted by Crippen LogP contribution is 2.23. The Balaban J connectivity index is 2.46. The maximum absolute atomic E-state index is 12.1. The summed E-state index contributed by atoms with van der Waals surface area (Å²) < 4.78 is 0. The Morgan fingerprint density at radius 2 is 2.22 bits per heavy atom. The number of halogens is 1. The average Bonchev–Trinajstić information content (AvgIpc) is 2.38. The second-order valence-corrected chi connectivity index (χ2v) is 4.39. The maximum Gasteiger partial charge on any atom is 0.272 e. The van der Waals surface area contributed by atoms with Gasteiger partial charge in [-0.2, -0.15) is 0 Å². The lowest BCUT2D eigenvalue weighted by Gasteiger charge is -2.14. The molecular formula is C14H13ClN2O. The number of rotatable bonds is 3. The van der Waals surface area contributed by atoms with Gasteiger partial charge in [0.05, 0.1) is 10.5 Å². The summed E-state index contributed by atoms with van der Waals surface area (Å²) in [6.07, 6.45) is 1.67. The van der Waals surface area contributed by atoms with E-state index >= 15 is 0 Å². The van der Waals surface area contributed by atoms with Gasteiger partial charge in [0.1, 0.15) is 5.69 Å². The summed E-state index contributed by atoms with van der Waals surface area (Å²) in [4.78, 5) is 18.0. The minimum Gasteiger partial charge on any atom is -0.337 e. The Hall–Kier alpha value is -1.87. The van der Waals surface area contributed by atoms with Crippen LogP contribution in [-0.4, -0.2) is 29.4 Å². The van der Waals surface area contributed by atoms with E-state index in [1.54, 1.807) is 24.1 Å². The van der Waals surface area contributed by atoms with Crippen LogP contribution in [0, 0.1) is 0 Å². The number of carbonyl (C=O) groups is 1. The summed E-state index contributed by atoms with van der Waals surface area (Å²) in [5.74, 6) is -0.164. The molecule has 1 aromatic carbocycles. The van der Waals surface area contributed by atoms with E-state index in [2.05, 4.69) is 11.6 Å². The molecule has 0 aliphatic carbocycles. The lowest BCUT2D eigenvalue weighted by atomic mass is 10.2. The number of nitrogens with zero attached hydrogens (tertiary/aromatic N) is 2. The molecule has 0 unspecified atom stereocenters. The molecule has 1 amide bonds. The molecule has 0 spiro atoms. The Morgan fingerprint density at radius 3 is 2.94 bits per heavy atom. The minimum absolute atomic E-state index is 0.164. The SMILES string of the molecule is C=CCN(C)C(=O)c1cc(Cl)c2ccccc2n1. The quantitative estimate of drug-likeness (QED) is 0.795. The van der Waals surface area contributed by atoms with Crippen LogP contribution in [0.2, 0.25) is 5.02 Å². The molecular weight excluding hydrogens is 248 g/mol. The zero-order valence-corrected chi connectivity index (χ0v) is 10.8. The number of para-hydroxylation sites is 1. The number of fused-ring (bicyclic) bond motifs is 1. The zero-order chi connectivity index (χ0) is 13.1. The lowest BCUT2D eigenvalue weighted by Crippen LogP contribution is -2.27. The lowest BCUT2D eigenvalue weighted by molar-refractivity contribution is 0.0805. The van der Waals surface area contributed by atoms with E-state index in [1.807, 2.05) is 24.3 Å². The second-order valence-electron chi connectivity index (χ2n) is 3.98. The Morgan fingerprint density at radius 1 is 1.50 bits per heavy atom. The van der Waals surface area contributed by atoms with Gasteiger partial charge >= 0.3 is 0 Å². The van der Waals surface area contributed by atoms with Crippen molar-refractivity contribution in [1.29, 1.82) is 0 Å². The van der Waals surface area contributed by atoms with E-state index in [0.717, 1.165) is 10.9 Å². The standard InChI is InChI=1S/C14H13ClN2O/c1-3-8-17(2)14(18)13-9-11(15)10-6-4-5-7-12(10)16-13/h3-7,9H,1,8H2,2H3. The molecule has 0 atom stereocenters. The van der Waals surface area contributed by atoms with Gasteiger partial charge in [-0.3, -0.25) is 4.79 Å². The van der Waals surface area contributed by atoms with Crippen molar-refractivity contribution in [3.05, 3.63) is 53.7 Å². The topological polar surface area (TPSA) is 33.2 Å². The molecule has 2 rings (SSSR count). The molecule has 4 heteroatoms. The largest absolute Gasteiger partial charge is 0.337 e. The van der Waals surface area contributed by atoms with Crippen LogP contribution in [0.1, 0.15) is 10.5 Å². The van der Waals surface area contributed by atoms with Gasteiger partial charge in [0.15, 0.2) is 0 Å². The number of hydrogen-bond acceptors (Lipinski definition) is 2. The molecule has 2 aromatic rings. The number of aromatic nitrogens is 1. The Labute approximate surface area is 111 Å². The van der Waals surface area contributed by atoms with Crippen LogP contribution in [0.15, 0.2) is 43.0 Å². The molecule has 0 radical (unpaired) electrons. The molecule has 0 fully saturated rings. The first-order valence-corrected chi connectivity index (χ1v) is 5.93. The van der Waals surface area contributed by atoms with E-state index in [4.69, 9.17) is 11.6 Å². The van der Waals surface area contributed by atoms with Gasteiger partial charge in [-0.05, 0) is 12.1 Å². The van der Waals surface area contributed by atoms with Gasteiger partial charge in [-0.15, -0.1) is 6.58 Å². The average molecular weight is 261 g/mol. The van der Waals surface area contributed by atoms with Crippen LogP contribution in [0.25, 0.3) is 10.9 Å². The molecule has 0 saturated heterocycles. The van der Waals surface area contributed by atoms with Crippen molar-refractivity contribution in [2.75, 3.05) is 13.6 Å². The summed E-state index contributed by atoms with van der Waals surface area (Å²) in [5.41, 5.74) is 1.07. The van der Waals surface area contributed by atoms with Crippen molar-refractivity contribution >= 4 is 28.4 Å². The third kappa shape index (κ3) is 2.36. The van der Waals surface area contributed by atoms with E-state index in [-0.39, 0.29) is 5.91 Å². The summed E-state index contributed by atoms with van der Waals surface area (Å²) in [7, 11) is 1.70. The second kappa shape index (κ2) is 5.19. The number of hydrogen-bond donors (Lipinski definition) is 0. The van der Waals surface area contributed by atoms with E-state index in [9.17, 15) is 4.79 Å². The van der Waals surface area contributed by atoms with Gasteiger partial charge in [0.2, 0.25) is 0 Å². The van der Waals surface area contributed by atoms with Crippen molar-refractivity contribution in [3.63, 3.8) is 0 Å². The van der Waals surface area contributed by atoms with Crippen LogP contribution in [0.3, 0.4) is 0 Å². The summed E-state index contributed by atoms with van der Waals surface area (Å²) >= 11 is 6.16. The molecule has 0 saturated carbocycles. The predicted octanol–water partition coefficient (Wildman–Crippen LogP) is 3.15. The van der Waals surface area contributed by atoms with Crippen molar-refractivity contribution in [3.8, 4) is 0 Å². The fourth-order valence-corrected chi connectivity index (χ4v) is 1.98. The molecule has 0 bridgehead atoms. The first kappa shape index (κ1) is 12.6. The van der Waals surface area contributed by atoms with Gasteiger partial charge in [0, 0.05) is 19.0 Å². The van der Waals surface area contributed by atoms with Gasteiger partial charge in [-0.25, -0.2) is 4.98 Å². The highest BCUT2D eigenvalue weighted by Gasteiger charge is 2.14. The smallest absolute Gasteiger partial charge is 0.272 e. The first-order chi connectivity index (χ1) is 8.63. The van der Waals surface area contributed by atoms with Crippen molar-refractivity contribution in [2.45, 2.75) is 0 Å². The third-order valence-electron chi connectivity index (χ3n) is 2.63. The van der Waals surface area contributed by atoms with Gasteiger partial charge in [-0.1, -0.05) is 35.9 Å². The van der Waals surface area contributed by atoms with Crippen molar-refractivity contribution in [2.24, 2.45) is 0 Å². The molecule has 1 heterocycles. The van der Waals surface area contributed by atoms with Gasteiger partial charge < -0.3 is 4.90 Å². The Kier molecular flexibility index (Phi) is 3.63. The minimum atomic E-state index is -0.164. The van der Waals surface area contributed by atoms with Crippen LogP contribution >= 0.6 is 11.6 Å². The Bertz CT molecular complexity index is 610. The molecule has 18 heavy (non-hydrogen) atoms. The number of pyridine rings is 1. The molecule has 0 aliphatic rings. The normalized spacial score (nSPS) is 10.3. The van der Waals surface area contributed by atoms with Crippen molar-refractivity contribution < 1.29 is 4.79 Å². The number of amides is 1. The predicted molar refractivity (Wildman–Crippen MR) is 73.9 cm³/mol. The van der Waals surface area contributed by atoms with Gasteiger partial charge in [0.25, 0.3) is 5.91 Å². The highest BCUT2D eigenvalue weighted by atomic mass is 35.5. The van der Waals surface area contributed by atoms with Crippen molar-refractivity contribution in [1.82, 2.24) is 9.88 Å². The molecule has 0 aliphatic heterocycles. The summed E-state index contributed by atoms with van der Waals surface area (Å²) in [5, 5.41) is 1.39. The van der Waals surface area contributed by atoms with Crippen LogP contribution in [0.4, 0.5) is 0 Å². The fourth-order valence-electron chi connectivity index (χ4n) is 1.71. The molecule has 0 N–H and O–H groups in total. The van der Waals surface area contributed by atoms with Crippen LogP contribution < -0.4 is 0 Å². The molecule has 92 valence electrons. The summed E-state index contributed by atoms with van der Waals surface area (Å²) in [6, 6.07) is 9.08. The van der Waals surface area contributed by atoms with Crippen LogP contribution in [0.5, 0.6) is 0 Å².